The standard InChI is InChI=1S/C55H81N3O11/c1-4-9-32-12-14-35-40(16-13-32)69-48-44(35)37(61)11-7-22-55(48,68)49(3,66)41-19-24-54(67)46-45(57-30-31(2)60)47(65)51-21-6-5-20-50(41,54)29-42(64)53(46)23-18-33(26-52(51,53)28-39(63)38(62)27-51)34-15-17-43(56)58-36(34)10-8-25-59/h15,17-18,23,31-33,35,37-44,48,57-64,66-68H,4,7-14,16,19-22,24-30,56H2,1-3H3/t31-,32-,33-,35+,37+,38+,39-,40+,41+,42-,43?,44+,48+,49+,50+,51-,52-,53-,54+,55+/m0/s1. The number of nitrogens with two attached hydrogens (primary N) is 1. The van der Waals surface area contributed by atoms with Gasteiger partial charge < -0.3 is 67.1 Å². The van der Waals surface area contributed by atoms with Crippen molar-refractivity contribution in [1.82, 2.24) is 10.6 Å². The zero-order chi connectivity index (χ0) is 49.1. The Hall–Kier alpha value is -2.65. The van der Waals surface area contributed by atoms with Crippen molar-refractivity contribution in [3.05, 3.63) is 46.8 Å². The number of aliphatic hydroxyl groups is 9. The third-order valence-electron chi connectivity index (χ3n) is 20.8. The first-order valence-corrected chi connectivity index (χ1v) is 26.8. The Morgan fingerprint density at radius 2 is 1.72 bits per heavy atom. The molecule has 69 heavy (non-hydrogen) atoms. The summed E-state index contributed by atoms with van der Waals surface area (Å²) in [5.74, 6) is 5.35. The first kappa shape index (κ1) is 49.9. The van der Waals surface area contributed by atoms with Gasteiger partial charge in [-0.05, 0) is 127 Å². The van der Waals surface area contributed by atoms with Gasteiger partial charge in [-0.25, -0.2) is 0 Å². The second-order valence-electron chi connectivity index (χ2n) is 24.1. The third-order valence-corrected chi connectivity index (χ3v) is 20.8. The Morgan fingerprint density at radius 3 is 2.48 bits per heavy atom. The van der Waals surface area contributed by atoms with Gasteiger partial charge in [0.05, 0.1) is 71.2 Å². The van der Waals surface area contributed by atoms with E-state index >= 15 is 4.79 Å². The van der Waals surface area contributed by atoms with Crippen molar-refractivity contribution >= 4 is 5.78 Å². The van der Waals surface area contributed by atoms with Crippen LogP contribution in [0.4, 0.5) is 0 Å². The predicted octanol–water partition coefficient (Wildman–Crippen LogP) is 3.02. The van der Waals surface area contributed by atoms with Crippen LogP contribution in [0.25, 0.3) is 0 Å². The maximum absolute atomic E-state index is 16.2. The molecule has 0 aromatic carbocycles. The van der Waals surface area contributed by atoms with E-state index < -0.39 is 98.9 Å². The zero-order valence-corrected chi connectivity index (χ0v) is 41.1. The number of aliphatic hydroxyl groups excluding tert-OH is 6. The second kappa shape index (κ2) is 17.8. The highest BCUT2D eigenvalue weighted by Crippen LogP contribution is 2.80. The Kier molecular flexibility index (Phi) is 12.9. The number of nitrogens with one attached hydrogen (secondary N) is 2. The monoisotopic (exact) mass is 960 g/mol. The number of carbonyl (C=O) groups is 1. The van der Waals surface area contributed by atoms with Crippen LogP contribution in [0.1, 0.15) is 143 Å². The first-order chi connectivity index (χ1) is 32.8. The number of rotatable bonds is 11. The van der Waals surface area contributed by atoms with Crippen molar-refractivity contribution in [3.8, 4) is 11.8 Å². The van der Waals surface area contributed by atoms with Crippen LogP contribution in [0.2, 0.25) is 0 Å². The zero-order valence-electron chi connectivity index (χ0n) is 41.1. The lowest BCUT2D eigenvalue weighted by molar-refractivity contribution is -0.270. The maximum Gasteiger partial charge on any atom is 0.186 e. The molecule has 2 heterocycles. The van der Waals surface area contributed by atoms with Crippen molar-refractivity contribution < 1.29 is 55.5 Å². The largest absolute Gasteiger partial charge is 0.396 e. The van der Waals surface area contributed by atoms with E-state index in [1.165, 1.54) is 0 Å². The normalized spacial score (nSPS) is 49.0. The number of fused-ring (bicyclic) bond motifs is 7. The summed E-state index contributed by atoms with van der Waals surface area (Å²) < 4.78 is 7.02. The third kappa shape index (κ3) is 6.94. The molecule has 4 bridgehead atoms. The minimum atomic E-state index is -1.96. The van der Waals surface area contributed by atoms with Gasteiger partial charge in [-0.2, -0.15) is 0 Å². The number of carbonyl (C=O) groups excluding carboxylic acids is 1. The summed E-state index contributed by atoms with van der Waals surface area (Å²) in [5, 5.41) is 119. The van der Waals surface area contributed by atoms with E-state index in [0.29, 0.717) is 31.6 Å². The number of allylic oxidation sites excluding steroid dienone is 5. The van der Waals surface area contributed by atoms with Crippen LogP contribution >= 0.6 is 0 Å². The van der Waals surface area contributed by atoms with Crippen molar-refractivity contribution in [2.24, 2.45) is 57.0 Å². The fraction of sp³-hybridized carbons (Fsp3) is 0.800. The molecule has 0 aromatic heterocycles. The number of ketones is 1. The van der Waals surface area contributed by atoms with Crippen molar-refractivity contribution in [3.63, 3.8) is 0 Å². The first-order valence-electron chi connectivity index (χ1n) is 26.8. The minimum absolute atomic E-state index is 0.0173. The maximum atomic E-state index is 16.2. The van der Waals surface area contributed by atoms with Crippen molar-refractivity contribution in [1.29, 1.82) is 0 Å². The Bertz CT molecular complexity index is 2220. The molecule has 1 saturated heterocycles. The van der Waals surface area contributed by atoms with Crippen LogP contribution in [0.3, 0.4) is 0 Å². The Balaban J connectivity index is 1.15. The average molecular weight is 960 g/mol. The highest BCUT2D eigenvalue weighted by atomic mass is 16.5. The SMILES string of the molecule is CCC[C@H]1CC[C@H]2[C@@H]3[C@H](O)CCC[C@](O)([C@](C)(O)[C@H]4CC[C@@]5(O)C6=C(NC[C@H](C)O)C(=O)[C@@]78CC#CC[C@@]45C[C@H](O)[C@@]64C=C[C@H](C5=C(CCCO)NC(N)C=C5)C[C@]74C[C@H](O)[C@H](O)C8)[C@@H]3O[C@@H]2CC1. The van der Waals surface area contributed by atoms with Crippen LogP contribution in [-0.4, -0.2) is 131 Å². The molecule has 5 saturated carbocycles. The quantitative estimate of drug-likeness (QED) is 0.105. The fourth-order valence-corrected chi connectivity index (χ4v) is 17.8. The molecule has 20 atom stereocenters. The minimum Gasteiger partial charge on any atom is -0.396 e. The van der Waals surface area contributed by atoms with Gasteiger partial charge in [0, 0.05) is 71.3 Å². The molecule has 9 aliphatic carbocycles. The number of ether oxygens (including phenoxy) is 1. The summed E-state index contributed by atoms with van der Waals surface area (Å²) in [4.78, 5) is 16.2. The van der Waals surface area contributed by atoms with Crippen molar-refractivity contribution in [2.45, 2.75) is 208 Å². The van der Waals surface area contributed by atoms with Crippen molar-refractivity contribution in [2.75, 3.05) is 13.2 Å². The average Bonchev–Trinajstić information content (AvgIpc) is 3.70. The Morgan fingerprint density at radius 1 is 0.971 bits per heavy atom. The van der Waals surface area contributed by atoms with Gasteiger partial charge in [0.15, 0.2) is 5.78 Å². The van der Waals surface area contributed by atoms with E-state index in [2.05, 4.69) is 29.4 Å². The molecule has 0 aromatic rings. The van der Waals surface area contributed by atoms with Crippen LogP contribution in [0, 0.1) is 63.1 Å². The molecule has 11 rings (SSSR count). The molecule has 14 heteroatoms. The van der Waals surface area contributed by atoms with Crippen LogP contribution in [0.15, 0.2) is 46.8 Å². The van der Waals surface area contributed by atoms with Gasteiger partial charge in [0.1, 0.15) is 5.60 Å². The van der Waals surface area contributed by atoms with E-state index in [9.17, 15) is 46.0 Å². The fourth-order valence-electron chi connectivity index (χ4n) is 17.8. The molecule has 6 fully saturated rings. The molecule has 14 nitrogen and oxygen atoms in total. The van der Waals surface area contributed by atoms with Gasteiger partial charge in [0.2, 0.25) is 0 Å². The van der Waals surface area contributed by atoms with Gasteiger partial charge in [-0.3, -0.25) is 4.79 Å². The smallest absolute Gasteiger partial charge is 0.186 e. The van der Waals surface area contributed by atoms with E-state index in [4.69, 9.17) is 10.5 Å². The van der Waals surface area contributed by atoms with E-state index in [1.807, 2.05) is 24.3 Å². The molecular formula is C55H81N3O11. The van der Waals surface area contributed by atoms with Crippen LogP contribution < -0.4 is 16.4 Å². The number of dihydropyridines is 1. The molecule has 4 spiro atoms. The molecular weight excluding hydrogens is 879 g/mol. The van der Waals surface area contributed by atoms with E-state index in [-0.39, 0.29) is 100 Å². The summed E-state index contributed by atoms with van der Waals surface area (Å²) in [6.07, 6.45) is 8.98. The number of hydrogen-bond acceptors (Lipinski definition) is 14. The summed E-state index contributed by atoms with van der Waals surface area (Å²) in [6.45, 7) is 5.38. The van der Waals surface area contributed by atoms with Gasteiger partial charge in [-0.15, -0.1) is 11.8 Å². The lowest BCUT2D eigenvalue weighted by atomic mass is 9.30. The number of Topliss-reactive ketones (excluding diaryl/α,β-unsaturated/α-hetero) is 1. The van der Waals surface area contributed by atoms with Gasteiger partial charge in [-0.1, -0.05) is 44.4 Å². The Labute approximate surface area is 407 Å². The summed E-state index contributed by atoms with van der Waals surface area (Å²) in [5.41, 5.74) is -3.06. The van der Waals surface area contributed by atoms with Gasteiger partial charge >= 0.3 is 0 Å². The predicted molar refractivity (Wildman–Crippen MR) is 257 cm³/mol. The molecule has 0 amide bonds. The molecule has 0 radical (unpaired) electrons. The van der Waals surface area contributed by atoms with E-state index in [0.717, 1.165) is 49.8 Å². The second-order valence-corrected chi connectivity index (χ2v) is 24.1. The molecule has 382 valence electrons. The van der Waals surface area contributed by atoms with Crippen LogP contribution in [0.5, 0.6) is 0 Å². The molecule has 13 N–H and O–H groups in total. The topological polar surface area (TPSA) is 258 Å². The lowest BCUT2D eigenvalue weighted by Crippen LogP contribution is -2.77. The summed E-state index contributed by atoms with van der Waals surface area (Å²) in [7, 11) is 0. The summed E-state index contributed by atoms with van der Waals surface area (Å²) >= 11 is 0. The molecule has 1 unspecified atom stereocenters. The highest BCUT2D eigenvalue weighted by molar-refractivity contribution is 6.04. The van der Waals surface area contributed by atoms with Crippen LogP contribution in [-0.2, 0) is 9.53 Å². The lowest BCUT2D eigenvalue weighted by Gasteiger charge is -2.73. The summed E-state index contributed by atoms with van der Waals surface area (Å²) in [6, 6.07) is 0. The van der Waals surface area contributed by atoms with E-state index in [1.54, 1.807) is 13.8 Å². The highest BCUT2D eigenvalue weighted by Gasteiger charge is 2.83. The molecule has 2 aliphatic heterocycles. The number of hydrogen-bond donors (Lipinski definition) is 12. The van der Waals surface area contributed by atoms with Gasteiger partial charge in [0.25, 0.3) is 0 Å². The molecule has 11 aliphatic rings.